The van der Waals surface area contributed by atoms with Crippen molar-refractivity contribution < 1.29 is 4.74 Å². The molecule has 18 heavy (non-hydrogen) atoms. The summed E-state index contributed by atoms with van der Waals surface area (Å²) in [6, 6.07) is 6.58. The molecule has 1 saturated carbocycles. The van der Waals surface area contributed by atoms with Gasteiger partial charge in [-0.15, -0.1) is 11.6 Å². The van der Waals surface area contributed by atoms with Gasteiger partial charge in [0.1, 0.15) is 11.9 Å². The van der Waals surface area contributed by atoms with Crippen molar-refractivity contribution in [2.24, 2.45) is 0 Å². The molecule has 1 aliphatic rings. The van der Waals surface area contributed by atoms with Crippen molar-refractivity contribution in [3.8, 4) is 5.75 Å². The molecular formula is C16H23ClO. The normalized spacial score (nSPS) is 23.6. The van der Waals surface area contributed by atoms with Crippen LogP contribution in [-0.2, 0) is 11.8 Å². The van der Waals surface area contributed by atoms with E-state index in [2.05, 4.69) is 45.9 Å². The number of halogens is 1. The van der Waals surface area contributed by atoms with Crippen molar-refractivity contribution >= 4 is 11.6 Å². The Hall–Kier alpha value is -0.690. The summed E-state index contributed by atoms with van der Waals surface area (Å²) < 4.78 is 6.09. The van der Waals surface area contributed by atoms with E-state index in [0.717, 1.165) is 25.0 Å². The quantitative estimate of drug-likeness (QED) is 0.721. The number of hydrogen-bond donors (Lipinski definition) is 0. The van der Waals surface area contributed by atoms with Crippen molar-refractivity contribution in [1.82, 2.24) is 0 Å². The second-order valence-corrected chi connectivity index (χ2v) is 6.86. The summed E-state index contributed by atoms with van der Waals surface area (Å²) in [6.07, 6.45) is 3.32. The average molecular weight is 267 g/mol. The van der Waals surface area contributed by atoms with Crippen LogP contribution in [-0.4, -0.2) is 11.5 Å². The van der Waals surface area contributed by atoms with Gasteiger partial charge in [-0.3, -0.25) is 0 Å². The Morgan fingerprint density at radius 2 is 1.94 bits per heavy atom. The Labute approximate surface area is 115 Å². The minimum Gasteiger partial charge on any atom is -0.490 e. The molecule has 0 bridgehead atoms. The summed E-state index contributed by atoms with van der Waals surface area (Å²) in [5.41, 5.74) is 2.79. The van der Waals surface area contributed by atoms with E-state index in [0.29, 0.717) is 11.5 Å². The van der Waals surface area contributed by atoms with Gasteiger partial charge in [0.2, 0.25) is 0 Å². The lowest BCUT2D eigenvalue weighted by Crippen LogP contribution is -2.35. The molecule has 1 aliphatic carbocycles. The van der Waals surface area contributed by atoms with Crippen molar-refractivity contribution in [2.45, 2.75) is 63.9 Å². The molecule has 0 heterocycles. The number of aryl methyl sites for hydroxylation is 1. The van der Waals surface area contributed by atoms with Crippen LogP contribution in [0.3, 0.4) is 0 Å². The van der Waals surface area contributed by atoms with Crippen molar-refractivity contribution in [1.29, 1.82) is 0 Å². The Kier molecular flexibility index (Phi) is 3.91. The van der Waals surface area contributed by atoms with Crippen LogP contribution in [0.25, 0.3) is 0 Å². The predicted octanol–water partition coefficient (Wildman–Crippen LogP) is 4.70. The fourth-order valence-electron chi connectivity index (χ4n) is 2.26. The molecule has 1 nitrogen and oxygen atoms in total. The molecule has 0 spiro atoms. The molecule has 2 rings (SSSR count). The van der Waals surface area contributed by atoms with E-state index in [-0.39, 0.29) is 5.41 Å². The van der Waals surface area contributed by atoms with E-state index in [9.17, 15) is 0 Å². The third-order valence-corrected chi connectivity index (χ3v) is 3.95. The molecule has 0 amide bonds. The Bertz CT molecular complexity index is 414. The zero-order valence-electron chi connectivity index (χ0n) is 11.8. The lowest BCUT2D eigenvalue weighted by atomic mass is 9.85. The molecule has 0 aromatic heterocycles. The molecule has 0 aliphatic heterocycles. The van der Waals surface area contributed by atoms with E-state index in [1.165, 1.54) is 11.1 Å². The third-order valence-electron chi connectivity index (χ3n) is 3.59. The van der Waals surface area contributed by atoms with E-state index in [1.54, 1.807) is 0 Å². The summed E-state index contributed by atoms with van der Waals surface area (Å²) in [6.45, 7) is 8.89. The third kappa shape index (κ3) is 3.00. The monoisotopic (exact) mass is 266 g/mol. The van der Waals surface area contributed by atoms with Crippen LogP contribution in [0.15, 0.2) is 18.2 Å². The van der Waals surface area contributed by atoms with Gasteiger partial charge >= 0.3 is 0 Å². The Balaban J connectivity index is 2.22. The van der Waals surface area contributed by atoms with Gasteiger partial charge in [0.25, 0.3) is 0 Å². The lowest BCUT2D eigenvalue weighted by Gasteiger charge is -2.33. The highest BCUT2D eigenvalue weighted by Gasteiger charge is 2.30. The zero-order valence-corrected chi connectivity index (χ0v) is 12.6. The van der Waals surface area contributed by atoms with Gasteiger partial charge in [-0.05, 0) is 29.0 Å². The summed E-state index contributed by atoms with van der Waals surface area (Å²) in [5.74, 6) is 1.04. The first-order valence-electron chi connectivity index (χ1n) is 6.84. The van der Waals surface area contributed by atoms with E-state index in [4.69, 9.17) is 16.3 Å². The van der Waals surface area contributed by atoms with Gasteiger partial charge in [0, 0.05) is 18.2 Å². The molecule has 1 fully saturated rings. The number of ether oxygens (including phenoxy) is 1. The number of alkyl halides is 1. The molecule has 0 atom stereocenters. The van der Waals surface area contributed by atoms with Gasteiger partial charge in [0.05, 0.1) is 0 Å². The first kappa shape index (κ1) is 13.7. The topological polar surface area (TPSA) is 9.23 Å². The van der Waals surface area contributed by atoms with Gasteiger partial charge < -0.3 is 4.74 Å². The highest BCUT2D eigenvalue weighted by atomic mass is 35.5. The van der Waals surface area contributed by atoms with Crippen molar-refractivity contribution in [3.05, 3.63) is 29.3 Å². The SMILES string of the molecule is CCc1ccc(OC2CC(Cl)C2)c(C(C)(C)C)c1. The van der Waals surface area contributed by atoms with Crippen molar-refractivity contribution in [2.75, 3.05) is 0 Å². The minimum absolute atomic E-state index is 0.116. The maximum absolute atomic E-state index is 6.09. The fraction of sp³-hybridized carbons (Fsp3) is 0.625. The highest BCUT2D eigenvalue weighted by Crippen LogP contribution is 2.36. The standard InChI is InChI=1S/C16H23ClO/c1-5-11-6-7-15(14(8-11)16(2,3)4)18-13-9-12(17)10-13/h6-8,12-13H,5,9-10H2,1-4H3. The van der Waals surface area contributed by atoms with Gasteiger partial charge in [-0.2, -0.15) is 0 Å². The fourth-order valence-corrected chi connectivity index (χ4v) is 2.66. The first-order chi connectivity index (χ1) is 8.40. The Morgan fingerprint density at radius 3 is 2.44 bits per heavy atom. The molecule has 0 unspecified atom stereocenters. The van der Waals surface area contributed by atoms with Crippen LogP contribution in [0.4, 0.5) is 0 Å². The lowest BCUT2D eigenvalue weighted by molar-refractivity contribution is 0.121. The van der Waals surface area contributed by atoms with Crippen LogP contribution >= 0.6 is 11.6 Å². The van der Waals surface area contributed by atoms with Gasteiger partial charge in [0.15, 0.2) is 0 Å². The molecule has 100 valence electrons. The van der Waals surface area contributed by atoms with Gasteiger partial charge in [-0.25, -0.2) is 0 Å². The second kappa shape index (κ2) is 5.13. The number of benzene rings is 1. The summed E-state index contributed by atoms with van der Waals surface area (Å²) in [5, 5.41) is 0.308. The van der Waals surface area contributed by atoms with Crippen LogP contribution in [0, 0.1) is 0 Å². The maximum atomic E-state index is 6.09. The Morgan fingerprint density at radius 1 is 1.28 bits per heavy atom. The molecule has 1 aromatic rings. The molecular weight excluding hydrogens is 244 g/mol. The summed E-state index contributed by atoms with van der Waals surface area (Å²) in [7, 11) is 0. The number of hydrogen-bond acceptors (Lipinski definition) is 1. The van der Waals surface area contributed by atoms with Crippen LogP contribution in [0.2, 0.25) is 0 Å². The maximum Gasteiger partial charge on any atom is 0.123 e. The smallest absolute Gasteiger partial charge is 0.123 e. The molecule has 0 N–H and O–H groups in total. The molecule has 0 saturated heterocycles. The van der Waals surface area contributed by atoms with Crippen LogP contribution in [0.5, 0.6) is 5.75 Å². The summed E-state index contributed by atoms with van der Waals surface area (Å²) in [4.78, 5) is 0. The molecule has 0 radical (unpaired) electrons. The molecule has 2 heteroatoms. The summed E-state index contributed by atoms with van der Waals surface area (Å²) >= 11 is 6.01. The molecule has 1 aromatic carbocycles. The second-order valence-electron chi connectivity index (χ2n) is 6.24. The zero-order chi connectivity index (χ0) is 13.3. The highest BCUT2D eigenvalue weighted by molar-refractivity contribution is 6.21. The van der Waals surface area contributed by atoms with Crippen LogP contribution < -0.4 is 4.74 Å². The van der Waals surface area contributed by atoms with Crippen molar-refractivity contribution in [3.63, 3.8) is 0 Å². The van der Waals surface area contributed by atoms with Crippen LogP contribution in [0.1, 0.15) is 51.7 Å². The van der Waals surface area contributed by atoms with E-state index >= 15 is 0 Å². The minimum atomic E-state index is 0.116. The largest absolute Gasteiger partial charge is 0.490 e. The first-order valence-corrected chi connectivity index (χ1v) is 7.28. The van der Waals surface area contributed by atoms with Gasteiger partial charge in [-0.1, -0.05) is 39.8 Å². The predicted molar refractivity (Wildman–Crippen MR) is 77.8 cm³/mol. The van der Waals surface area contributed by atoms with E-state index < -0.39 is 0 Å². The number of rotatable bonds is 3. The van der Waals surface area contributed by atoms with E-state index in [1.807, 2.05) is 0 Å². The average Bonchev–Trinajstić information content (AvgIpc) is 2.26.